The normalized spacial score (nSPS) is 10.4. The van der Waals surface area contributed by atoms with Crippen molar-refractivity contribution in [3.05, 3.63) is 55.1 Å². The van der Waals surface area contributed by atoms with Crippen molar-refractivity contribution in [1.29, 1.82) is 0 Å². The van der Waals surface area contributed by atoms with Gasteiger partial charge in [-0.25, -0.2) is 14.8 Å². The third-order valence-electron chi connectivity index (χ3n) is 3.16. The Morgan fingerprint density at radius 3 is 2.63 bits per heavy atom. The van der Waals surface area contributed by atoms with Gasteiger partial charge in [-0.3, -0.25) is 5.32 Å². The summed E-state index contributed by atoms with van der Waals surface area (Å²) in [6.45, 7) is 0. The van der Waals surface area contributed by atoms with Crippen LogP contribution >= 0.6 is 11.5 Å². The Kier molecular flexibility index (Phi) is 4.66. The molecule has 0 fully saturated rings. The van der Waals surface area contributed by atoms with Gasteiger partial charge in [0.05, 0.1) is 12.4 Å². The molecule has 10 nitrogen and oxygen atoms in total. The molecule has 4 rings (SSSR count). The van der Waals surface area contributed by atoms with E-state index >= 15 is 0 Å². The second-order valence-corrected chi connectivity index (χ2v) is 5.77. The predicted molar refractivity (Wildman–Crippen MR) is 96.6 cm³/mol. The number of para-hydroxylation sites is 1. The molecule has 11 heteroatoms. The van der Waals surface area contributed by atoms with Crippen LogP contribution < -0.4 is 15.4 Å². The summed E-state index contributed by atoms with van der Waals surface area (Å²) >= 11 is 1.06. The molecule has 0 aliphatic carbocycles. The first kappa shape index (κ1) is 16.6. The molecule has 0 aliphatic heterocycles. The second kappa shape index (κ2) is 7.58. The molecule has 0 radical (unpaired) electrons. The van der Waals surface area contributed by atoms with Crippen LogP contribution in [0.1, 0.15) is 0 Å². The number of ether oxygens (including phenoxy) is 1. The van der Waals surface area contributed by atoms with Gasteiger partial charge in [-0.2, -0.15) is 9.36 Å². The van der Waals surface area contributed by atoms with Crippen LogP contribution in [0.15, 0.2) is 59.6 Å². The summed E-state index contributed by atoms with van der Waals surface area (Å²) < 4.78 is 14.4. The third kappa shape index (κ3) is 4.22. The van der Waals surface area contributed by atoms with Gasteiger partial charge in [0, 0.05) is 23.3 Å². The van der Waals surface area contributed by atoms with E-state index in [1.807, 2.05) is 18.2 Å². The van der Waals surface area contributed by atoms with Gasteiger partial charge < -0.3 is 14.6 Å². The lowest BCUT2D eigenvalue weighted by atomic mass is 10.3. The lowest BCUT2D eigenvalue weighted by Gasteiger charge is -2.06. The van der Waals surface area contributed by atoms with Crippen LogP contribution in [-0.2, 0) is 0 Å². The summed E-state index contributed by atoms with van der Waals surface area (Å²) in [5.74, 6) is 0.892. The highest BCUT2D eigenvalue weighted by Crippen LogP contribution is 2.25. The minimum Gasteiger partial charge on any atom is -0.427 e. The van der Waals surface area contributed by atoms with Crippen LogP contribution in [0.4, 0.5) is 16.4 Å². The number of aromatic nitrogens is 5. The van der Waals surface area contributed by atoms with E-state index < -0.39 is 6.03 Å². The van der Waals surface area contributed by atoms with Gasteiger partial charge in [0.2, 0.25) is 5.95 Å². The number of urea groups is 1. The van der Waals surface area contributed by atoms with E-state index in [0.29, 0.717) is 28.1 Å². The maximum atomic E-state index is 11.9. The van der Waals surface area contributed by atoms with Crippen LogP contribution in [0, 0.1) is 0 Å². The molecule has 1 aromatic carbocycles. The average Bonchev–Trinajstić information content (AvgIpc) is 3.36. The largest absolute Gasteiger partial charge is 0.427 e. The first-order valence-electron chi connectivity index (χ1n) is 7.64. The van der Waals surface area contributed by atoms with Crippen molar-refractivity contribution in [1.82, 2.24) is 24.5 Å². The van der Waals surface area contributed by atoms with E-state index in [0.717, 1.165) is 11.5 Å². The Morgan fingerprint density at radius 1 is 1.07 bits per heavy atom. The van der Waals surface area contributed by atoms with E-state index in [4.69, 9.17) is 9.26 Å². The molecule has 0 unspecified atom stereocenters. The maximum Gasteiger partial charge on any atom is 0.326 e. The van der Waals surface area contributed by atoms with Crippen LogP contribution in [0.5, 0.6) is 10.9 Å². The Labute approximate surface area is 156 Å². The van der Waals surface area contributed by atoms with Crippen molar-refractivity contribution < 1.29 is 14.1 Å². The molecule has 134 valence electrons. The zero-order chi connectivity index (χ0) is 18.5. The smallest absolute Gasteiger partial charge is 0.326 e. The lowest BCUT2D eigenvalue weighted by Crippen LogP contribution is -2.20. The van der Waals surface area contributed by atoms with Crippen molar-refractivity contribution in [3.8, 4) is 22.5 Å². The standard InChI is InChI=1S/C16H11N7O3S/c24-15(19-10-4-2-1-3-5-10)21-14-17-8-11(9-18-14)26-16-20-13(23-27-16)12-6-7-25-22-12/h1-9H,(H2,17,18,19,21,24). The number of nitrogens with one attached hydrogen (secondary N) is 2. The predicted octanol–water partition coefficient (Wildman–Crippen LogP) is 3.42. The Hall–Kier alpha value is -3.86. The molecule has 0 saturated heterocycles. The molecule has 2 N–H and O–H groups in total. The maximum absolute atomic E-state index is 11.9. The zero-order valence-corrected chi connectivity index (χ0v) is 14.4. The van der Waals surface area contributed by atoms with Crippen molar-refractivity contribution >= 4 is 29.2 Å². The fourth-order valence-corrected chi connectivity index (χ4v) is 2.56. The van der Waals surface area contributed by atoms with E-state index in [9.17, 15) is 4.79 Å². The number of hydrogen-bond donors (Lipinski definition) is 2. The third-order valence-corrected chi connectivity index (χ3v) is 3.76. The van der Waals surface area contributed by atoms with Crippen LogP contribution in [0.2, 0.25) is 0 Å². The monoisotopic (exact) mass is 381 g/mol. The number of carbonyl (C=O) groups excluding carboxylic acids is 1. The fourth-order valence-electron chi connectivity index (χ4n) is 2.00. The fraction of sp³-hybridized carbons (Fsp3) is 0. The summed E-state index contributed by atoms with van der Waals surface area (Å²) in [5.41, 5.74) is 1.18. The van der Waals surface area contributed by atoms with Gasteiger partial charge in [0.15, 0.2) is 17.3 Å². The van der Waals surface area contributed by atoms with Gasteiger partial charge in [-0.1, -0.05) is 23.4 Å². The highest BCUT2D eigenvalue weighted by atomic mass is 32.1. The van der Waals surface area contributed by atoms with Gasteiger partial charge in [-0.15, -0.1) is 0 Å². The molecular weight excluding hydrogens is 370 g/mol. The van der Waals surface area contributed by atoms with Crippen molar-refractivity contribution in [2.75, 3.05) is 10.6 Å². The Balaban J connectivity index is 1.35. The minimum absolute atomic E-state index is 0.135. The number of amides is 2. The molecule has 2 amide bonds. The zero-order valence-electron chi connectivity index (χ0n) is 13.6. The van der Waals surface area contributed by atoms with E-state index in [2.05, 4.69) is 35.1 Å². The molecule has 0 spiro atoms. The SMILES string of the molecule is O=C(Nc1ccccc1)Nc1ncc(Oc2nc(-c3ccon3)ns2)cn1. The summed E-state index contributed by atoms with van der Waals surface area (Å²) in [6, 6.07) is 10.2. The molecule has 27 heavy (non-hydrogen) atoms. The first-order chi connectivity index (χ1) is 13.3. The van der Waals surface area contributed by atoms with Gasteiger partial charge >= 0.3 is 6.03 Å². The van der Waals surface area contributed by atoms with E-state index in [1.165, 1.54) is 18.7 Å². The van der Waals surface area contributed by atoms with Crippen LogP contribution in [0.25, 0.3) is 11.5 Å². The van der Waals surface area contributed by atoms with Crippen molar-refractivity contribution in [2.45, 2.75) is 0 Å². The van der Waals surface area contributed by atoms with E-state index in [-0.39, 0.29) is 5.95 Å². The average molecular weight is 381 g/mol. The Morgan fingerprint density at radius 2 is 1.89 bits per heavy atom. The highest BCUT2D eigenvalue weighted by Gasteiger charge is 2.11. The Bertz CT molecular complexity index is 1020. The molecule has 0 atom stereocenters. The lowest BCUT2D eigenvalue weighted by molar-refractivity contribution is 0.262. The van der Waals surface area contributed by atoms with Crippen LogP contribution in [0.3, 0.4) is 0 Å². The van der Waals surface area contributed by atoms with Gasteiger partial charge in [0.25, 0.3) is 5.19 Å². The number of rotatable bonds is 5. The van der Waals surface area contributed by atoms with E-state index in [1.54, 1.807) is 18.2 Å². The quantitative estimate of drug-likeness (QED) is 0.538. The molecular formula is C16H11N7O3S. The van der Waals surface area contributed by atoms with Crippen molar-refractivity contribution in [3.63, 3.8) is 0 Å². The molecule has 4 aromatic rings. The molecule has 3 heterocycles. The summed E-state index contributed by atoms with van der Waals surface area (Å²) in [4.78, 5) is 24.2. The van der Waals surface area contributed by atoms with Crippen LogP contribution in [-0.4, -0.2) is 30.5 Å². The topological polar surface area (TPSA) is 128 Å². The number of hydrogen-bond acceptors (Lipinski definition) is 9. The number of nitrogens with zero attached hydrogens (tertiary/aromatic N) is 5. The number of carbonyl (C=O) groups is 1. The summed E-state index contributed by atoms with van der Waals surface area (Å²) in [5, 5.41) is 9.26. The highest BCUT2D eigenvalue weighted by molar-refractivity contribution is 7.07. The second-order valence-electron chi connectivity index (χ2n) is 5.06. The molecule has 3 aromatic heterocycles. The number of anilines is 2. The minimum atomic E-state index is -0.448. The number of benzene rings is 1. The van der Waals surface area contributed by atoms with Crippen molar-refractivity contribution in [2.24, 2.45) is 0 Å². The molecule has 0 bridgehead atoms. The van der Waals surface area contributed by atoms with Gasteiger partial charge in [-0.05, 0) is 12.1 Å². The van der Waals surface area contributed by atoms with Gasteiger partial charge in [0.1, 0.15) is 6.26 Å². The molecule has 0 aliphatic rings. The summed E-state index contributed by atoms with van der Waals surface area (Å²) in [6.07, 6.45) is 4.27. The summed E-state index contributed by atoms with van der Waals surface area (Å²) in [7, 11) is 0. The molecule has 0 saturated carbocycles. The first-order valence-corrected chi connectivity index (χ1v) is 8.41.